The summed E-state index contributed by atoms with van der Waals surface area (Å²) in [5.41, 5.74) is 1.23. The summed E-state index contributed by atoms with van der Waals surface area (Å²) in [5.74, 6) is 0.921. The van der Waals surface area contributed by atoms with Crippen LogP contribution in [0.2, 0.25) is 5.02 Å². The van der Waals surface area contributed by atoms with Crippen molar-refractivity contribution < 1.29 is 0 Å². The molecular formula is C16H24BrClN2. The summed E-state index contributed by atoms with van der Waals surface area (Å²) in [6.07, 6.45) is 3.94. The molecule has 0 amide bonds. The van der Waals surface area contributed by atoms with Gasteiger partial charge in [-0.2, -0.15) is 0 Å². The zero-order valence-electron chi connectivity index (χ0n) is 12.2. The molecule has 0 bridgehead atoms. The van der Waals surface area contributed by atoms with Crippen LogP contribution in [0.3, 0.4) is 0 Å². The van der Waals surface area contributed by atoms with Gasteiger partial charge in [-0.25, -0.2) is 0 Å². The van der Waals surface area contributed by atoms with Crippen molar-refractivity contribution in [2.24, 2.45) is 5.92 Å². The van der Waals surface area contributed by atoms with Crippen molar-refractivity contribution in [1.82, 2.24) is 10.2 Å². The summed E-state index contributed by atoms with van der Waals surface area (Å²) in [5, 5.41) is 4.30. The fourth-order valence-electron chi connectivity index (χ4n) is 2.62. The molecule has 112 valence electrons. The molecule has 1 saturated heterocycles. The van der Waals surface area contributed by atoms with Crippen LogP contribution in [0, 0.1) is 5.92 Å². The van der Waals surface area contributed by atoms with Crippen molar-refractivity contribution in [3.05, 3.63) is 33.3 Å². The van der Waals surface area contributed by atoms with Crippen LogP contribution in [-0.4, -0.2) is 31.1 Å². The molecule has 2 nitrogen and oxygen atoms in total. The van der Waals surface area contributed by atoms with E-state index in [1.54, 1.807) is 0 Å². The van der Waals surface area contributed by atoms with Crippen molar-refractivity contribution in [3.63, 3.8) is 0 Å². The Hall–Kier alpha value is -0.0900. The Labute approximate surface area is 136 Å². The second kappa shape index (κ2) is 8.38. The number of benzene rings is 1. The van der Waals surface area contributed by atoms with Crippen LogP contribution in [0.1, 0.15) is 31.7 Å². The Bertz CT molecular complexity index is 417. The van der Waals surface area contributed by atoms with Crippen molar-refractivity contribution in [2.75, 3.05) is 26.2 Å². The van der Waals surface area contributed by atoms with E-state index in [0.29, 0.717) is 0 Å². The molecular weight excluding hydrogens is 336 g/mol. The lowest BCUT2D eigenvalue weighted by Gasteiger charge is -2.30. The molecule has 0 aliphatic carbocycles. The smallest absolute Gasteiger partial charge is 0.0410 e. The topological polar surface area (TPSA) is 15.3 Å². The summed E-state index contributed by atoms with van der Waals surface area (Å²) < 4.78 is 1.12. The number of hydrogen-bond donors (Lipinski definition) is 1. The van der Waals surface area contributed by atoms with Gasteiger partial charge in [0.1, 0.15) is 0 Å². The highest BCUT2D eigenvalue weighted by atomic mass is 79.9. The van der Waals surface area contributed by atoms with E-state index in [1.807, 2.05) is 18.2 Å². The minimum absolute atomic E-state index is 0.799. The third-order valence-electron chi connectivity index (χ3n) is 4.03. The molecule has 0 aromatic heterocycles. The highest BCUT2D eigenvalue weighted by Crippen LogP contribution is 2.21. The number of halogens is 2. The molecule has 0 atom stereocenters. The monoisotopic (exact) mass is 358 g/mol. The highest BCUT2D eigenvalue weighted by molar-refractivity contribution is 9.10. The van der Waals surface area contributed by atoms with E-state index >= 15 is 0 Å². The number of nitrogens with zero attached hydrogens (tertiary/aromatic N) is 1. The SMILES string of the molecule is CC1CCN(CCCNCc2cc(Cl)ccc2Br)CC1. The van der Waals surface area contributed by atoms with Crippen LogP contribution in [-0.2, 0) is 6.54 Å². The molecule has 1 heterocycles. The maximum absolute atomic E-state index is 6.01. The van der Waals surface area contributed by atoms with E-state index in [0.717, 1.165) is 28.5 Å². The molecule has 1 N–H and O–H groups in total. The molecule has 1 aromatic carbocycles. The van der Waals surface area contributed by atoms with Crippen LogP contribution < -0.4 is 5.32 Å². The lowest BCUT2D eigenvalue weighted by molar-refractivity contribution is 0.190. The molecule has 0 spiro atoms. The van der Waals surface area contributed by atoms with Crippen LogP contribution in [0.5, 0.6) is 0 Å². The molecule has 0 radical (unpaired) electrons. The normalized spacial score (nSPS) is 17.6. The van der Waals surface area contributed by atoms with Crippen LogP contribution in [0.15, 0.2) is 22.7 Å². The van der Waals surface area contributed by atoms with Crippen molar-refractivity contribution in [1.29, 1.82) is 0 Å². The van der Waals surface area contributed by atoms with E-state index in [4.69, 9.17) is 11.6 Å². The minimum atomic E-state index is 0.799. The number of hydrogen-bond acceptors (Lipinski definition) is 2. The Balaban J connectivity index is 1.61. The fraction of sp³-hybridized carbons (Fsp3) is 0.625. The van der Waals surface area contributed by atoms with Gasteiger partial charge in [0.05, 0.1) is 0 Å². The van der Waals surface area contributed by atoms with Gasteiger partial charge in [0.25, 0.3) is 0 Å². The Morgan fingerprint density at radius 3 is 2.85 bits per heavy atom. The minimum Gasteiger partial charge on any atom is -0.313 e. The Kier molecular flexibility index (Phi) is 6.82. The average Bonchev–Trinajstić information content (AvgIpc) is 2.44. The van der Waals surface area contributed by atoms with Gasteiger partial charge in [0.2, 0.25) is 0 Å². The number of piperidine rings is 1. The third kappa shape index (κ3) is 5.36. The van der Waals surface area contributed by atoms with E-state index in [1.165, 1.54) is 44.5 Å². The maximum Gasteiger partial charge on any atom is 0.0410 e. The van der Waals surface area contributed by atoms with Gasteiger partial charge in [-0.15, -0.1) is 0 Å². The van der Waals surface area contributed by atoms with Gasteiger partial charge in [-0.1, -0.05) is 34.5 Å². The average molecular weight is 360 g/mol. The van der Waals surface area contributed by atoms with Crippen LogP contribution in [0.25, 0.3) is 0 Å². The summed E-state index contributed by atoms with van der Waals surface area (Å²) in [4.78, 5) is 2.59. The standard InChI is InChI=1S/C16H24BrClN2/c1-13-5-9-20(10-6-13)8-2-7-19-12-14-11-15(18)3-4-16(14)17/h3-4,11,13,19H,2,5-10,12H2,1H3. The molecule has 0 unspecified atom stereocenters. The van der Waals surface area contributed by atoms with Gasteiger partial charge >= 0.3 is 0 Å². The Morgan fingerprint density at radius 2 is 2.10 bits per heavy atom. The van der Waals surface area contributed by atoms with E-state index in [9.17, 15) is 0 Å². The fourth-order valence-corrected chi connectivity index (χ4v) is 3.20. The van der Waals surface area contributed by atoms with E-state index in [-0.39, 0.29) is 0 Å². The first-order valence-electron chi connectivity index (χ1n) is 7.52. The van der Waals surface area contributed by atoms with Gasteiger partial charge < -0.3 is 10.2 Å². The van der Waals surface area contributed by atoms with Gasteiger partial charge in [-0.05, 0) is 75.1 Å². The van der Waals surface area contributed by atoms with Gasteiger partial charge in [0, 0.05) is 16.0 Å². The van der Waals surface area contributed by atoms with Crippen molar-refractivity contribution in [3.8, 4) is 0 Å². The zero-order valence-corrected chi connectivity index (χ0v) is 14.5. The van der Waals surface area contributed by atoms with Gasteiger partial charge in [0.15, 0.2) is 0 Å². The van der Waals surface area contributed by atoms with E-state index in [2.05, 4.69) is 33.1 Å². The second-order valence-corrected chi connectivity index (χ2v) is 7.08. The molecule has 1 aliphatic heterocycles. The summed E-state index contributed by atoms with van der Waals surface area (Å²) >= 11 is 9.58. The molecule has 1 aliphatic rings. The predicted molar refractivity (Wildman–Crippen MR) is 90.3 cm³/mol. The largest absolute Gasteiger partial charge is 0.313 e. The summed E-state index contributed by atoms with van der Waals surface area (Å²) in [7, 11) is 0. The first-order valence-corrected chi connectivity index (χ1v) is 8.69. The zero-order chi connectivity index (χ0) is 14.4. The van der Waals surface area contributed by atoms with E-state index < -0.39 is 0 Å². The summed E-state index contributed by atoms with van der Waals surface area (Å²) in [6, 6.07) is 5.94. The molecule has 20 heavy (non-hydrogen) atoms. The first-order chi connectivity index (χ1) is 9.65. The second-order valence-electron chi connectivity index (χ2n) is 5.79. The maximum atomic E-state index is 6.01. The molecule has 1 fully saturated rings. The lowest BCUT2D eigenvalue weighted by atomic mass is 9.99. The molecule has 0 saturated carbocycles. The molecule has 1 aromatic rings. The quantitative estimate of drug-likeness (QED) is 0.761. The van der Waals surface area contributed by atoms with Crippen LogP contribution >= 0.6 is 27.5 Å². The van der Waals surface area contributed by atoms with Crippen LogP contribution in [0.4, 0.5) is 0 Å². The Morgan fingerprint density at radius 1 is 1.35 bits per heavy atom. The molecule has 2 rings (SSSR count). The summed E-state index contributed by atoms with van der Waals surface area (Å²) in [6.45, 7) is 8.07. The van der Waals surface area contributed by atoms with Crippen molar-refractivity contribution >= 4 is 27.5 Å². The molecule has 4 heteroatoms. The first kappa shape index (κ1) is 16.3. The highest BCUT2D eigenvalue weighted by Gasteiger charge is 2.14. The number of likely N-dealkylation sites (tertiary alicyclic amines) is 1. The van der Waals surface area contributed by atoms with Gasteiger partial charge in [-0.3, -0.25) is 0 Å². The third-order valence-corrected chi connectivity index (χ3v) is 5.04. The predicted octanol–water partition coefficient (Wildman–Crippen LogP) is 4.31. The number of nitrogens with one attached hydrogen (secondary N) is 1. The lowest BCUT2D eigenvalue weighted by Crippen LogP contribution is -2.34. The van der Waals surface area contributed by atoms with Crippen molar-refractivity contribution in [2.45, 2.75) is 32.7 Å². The number of rotatable bonds is 6.